The van der Waals surface area contributed by atoms with Crippen LogP contribution in [0.15, 0.2) is 120 Å². The fraction of sp³-hybridized carbons (Fsp3) is 0.209. The van der Waals surface area contributed by atoms with Crippen molar-refractivity contribution in [2.75, 3.05) is 0 Å². The molecule has 5 aromatic rings. The second-order valence-corrected chi connectivity index (χ2v) is 21.2. The lowest BCUT2D eigenvalue weighted by Gasteiger charge is -2.47. The minimum Gasteiger partial charge on any atom is -0.481 e. The Labute approximate surface area is 346 Å². The fourth-order valence-corrected chi connectivity index (χ4v) is 15.4. The normalized spacial score (nSPS) is 23.5. The van der Waals surface area contributed by atoms with Crippen molar-refractivity contribution in [1.82, 2.24) is 0 Å². The number of carbonyl (C=O) groups is 4. The van der Waals surface area contributed by atoms with Crippen LogP contribution < -0.4 is 0 Å². The summed E-state index contributed by atoms with van der Waals surface area (Å²) in [6.07, 6.45) is 0.882. The minimum absolute atomic E-state index is 0.0247. The molecule has 7 atom stereocenters. The zero-order chi connectivity index (χ0) is 39.0. The Bertz CT molecular complexity index is 2500. The number of aldehydes is 1. The van der Waals surface area contributed by atoms with Crippen molar-refractivity contribution in [3.8, 4) is 0 Å². The predicted octanol–water partition coefficient (Wildman–Crippen LogP) is 11.5. The van der Waals surface area contributed by atoms with Gasteiger partial charge in [-0.2, -0.15) is 0 Å². The van der Waals surface area contributed by atoms with Crippen molar-refractivity contribution in [3.63, 3.8) is 0 Å². The number of rotatable bonds is 5. The Morgan fingerprint density at radius 1 is 0.554 bits per heavy atom. The molecular formula is C43H32O7S6. The lowest BCUT2D eigenvalue weighted by atomic mass is 9.54. The average molecular weight is 853 g/mol. The summed E-state index contributed by atoms with van der Waals surface area (Å²) >= 11 is 0. The van der Waals surface area contributed by atoms with Crippen LogP contribution in [0.5, 0.6) is 0 Å². The molecule has 3 N–H and O–H groups in total. The largest absolute Gasteiger partial charge is 0.481 e. The SMILES string of the molecule is CC1c2cc3ccc2C(C(C)C(=O)O)c2cc(ccc21)SSc1ccc2c(c1)C1c4ccc(cc4C2C(C(=O)O)C1C(=O)O)SSc1cccc(c1C=O)SS3. The highest BCUT2D eigenvalue weighted by Gasteiger charge is 2.56. The Hall–Kier alpha value is -3.72. The standard InChI is InChI=1S/C43H32O7S6/c1-19-25-10-6-22-15-30(25)36(20(2)41(45)46)26-11-7-21(14-29(19)26)53-55-34-4-3-5-35(33(34)18-44)56-54-24-9-13-28-32(17-24)38-27-12-8-23(52-51-22)16-31(27)37(28)39(42(47)48)40(38)43(49)50/h3-20,36-40H,1-2H3,(H,45,46)(H,47,48)(H,49,50). The van der Waals surface area contributed by atoms with E-state index in [-0.39, 0.29) is 11.8 Å². The number of carboxylic acids is 3. The maximum atomic E-state index is 12.9. The molecule has 16 bridgehead atoms. The molecule has 7 unspecified atom stereocenters. The second kappa shape index (κ2) is 14.9. The van der Waals surface area contributed by atoms with Gasteiger partial charge in [0.25, 0.3) is 0 Å². The molecule has 56 heavy (non-hydrogen) atoms. The van der Waals surface area contributed by atoms with E-state index in [1.54, 1.807) is 39.3 Å². The quantitative estimate of drug-likeness (QED) is 0.115. The molecule has 0 amide bonds. The van der Waals surface area contributed by atoms with Crippen molar-refractivity contribution in [2.24, 2.45) is 17.8 Å². The second-order valence-electron chi connectivity index (χ2n) is 14.5. The van der Waals surface area contributed by atoms with Crippen molar-refractivity contribution in [3.05, 3.63) is 141 Å². The van der Waals surface area contributed by atoms with Crippen LogP contribution in [0.1, 0.15) is 92.4 Å². The summed E-state index contributed by atoms with van der Waals surface area (Å²) < 4.78 is 0. The number of carboxylic acid groups (broad SMARTS) is 3. The Kier molecular flexibility index (Phi) is 10.1. The molecule has 0 spiro atoms. The van der Waals surface area contributed by atoms with E-state index in [1.165, 1.54) is 32.4 Å². The van der Waals surface area contributed by atoms with E-state index in [0.717, 1.165) is 80.2 Å². The van der Waals surface area contributed by atoms with Crippen molar-refractivity contribution in [2.45, 2.75) is 66.9 Å². The molecule has 0 saturated heterocycles. The summed E-state index contributed by atoms with van der Waals surface area (Å²) in [6.45, 7) is 3.93. The highest BCUT2D eigenvalue weighted by atomic mass is 33.1. The highest BCUT2D eigenvalue weighted by Crippen LogP contribution is 2.60. The molecule has 0 saturated carbocycles. The van der Waals surface area contributed by atoms with Gasteiger partial charge in [-0.25, -0.2) is 0 Å². The summed E-state index contributed by atoms with van der Waals surface area (Å²) in [4.78, 5) is 56.4. The van der Waals surface area contributed by atoms with Gasteiger partial charge < -0.3 is 15.3 Å². The molecular weight excluding hydrogens is 821 g/mol. The fourth-order valence-electron chi connectivity index (χ4n) is 9.05. The minimum atomic E-state index is -1.14. The molecule has 0 radical (unpaired) electrons. The molecule has 13 aliphatic rings. The number of aliphatic carboxylic acids is 3. The molecule has 9 heterocycles. The lowest BCUT2D eigenvalue weighted by molar-refractivity contribution is -0.156. The Morgan fingerprint density at radius 2 is 0.982 bits per heavy atom. The molecule has 0 fully saturated rings. The van der Waals surface area contributed by atoms with Crippen molar-refractivity contribution < 1.29 is 34.5 Å². The average Bonchev–Trinajstić information content (AvgIpc) is 3.20. The maximum Gasteiger partial charge on any atom is 0.308 e. The van der Waals surface area contributed by atoms with Crippen molar-refractivity contribution >= 4 is 89.0 Å². The number of carbonyl (C=O) groups excluding carboxylic acids is 1. The molecule has 282 valence electrons. The first-order valence-corrected chi connectivity index (χ1v) is 24.3. The predicted molar refractivity (Wildman–Crippen MR) is 225 cm³/mol. The van der Waals surface area contributed by atoms with E-state index in [4.69, 9.17) is 0 Å². The first kappa shape index (κ1) is 37.8. The van der Waals surface area contributed by atoms with E-state index in [2.05, 4.69) is 37.3 Å². The van der Waals surface area contributed by atoms with Gasteiger partial charge in [0.2, 0.25) is 0 Å². The summed E-state index contributed by atoms with van der Waals surface area (Å²) in [7, 11) is 9.11. The summed E-state index contributed by atoms with van der Waals surface area (Å²) in [5.74, 6) is -7.70. The van der Waals surface area contributed by atoms with Crippen molar-refractivity contribution in [1.29, 1.82) is 0 Å². The Balaban J connectivity index is 1.19. The monoisotopic (exact) mass is 852 g/mol. The Morgan fingerprint density at radius 3 is 1.45 bits per heavy atom. The smallest absolute Gasteiger partial charge is 0.308 e. The maximum absolute atomic E-state index is 12.9. The summed E-state index contributed by atoms with van der Waals surface area (Å²) in [5.41, 5.74) is 8.10. The van der Waals surface area contributed by atoms with Gasteiger partial charge in [-0.3, -0.25) is 19.2 Å². The van der Waals surface area contributed by atoms with Gasteiger partial charge in [-0.05, 0) is 105 Å². The molecule has 18 rings (SSSR count). The van der Waals surface area contributed by atoms with Crippen LogP contribution in [-0.4, -0.2) is 39.5 Å². The third kappa shape index (κ3) is 6.29. The van der Waals surface area contributed by atoms with Gasteiger partial charge >= 0.3 is 17.9 Å². The van der Waals surface area contributed by atoms with Gasteiger partial charge in [0.15, 0.2) is 6.29 Å². The number of fused-ring (bicyclic) bond motifs is 1. The third-order valence-corrected chi connectivity index (χ3v) is 18.8. The van der Waals surface area contributed by atoms with E-state index in [1.807, 2.05) is 60.7 Å². The zero-order valence-corrected chi connectivity index (χ0v) is 34.6. The first-order valence-electron chi connectivity index (χ1n) is 17.9. The van der Waals surface area contributed by atoms with Crippen LogP contribution in [0, 0.1) is 17.8 Å². The first-order chi connectivity index (χ1) is 27.0. The number of hydrogen-bond acceptors (Lipinski definition) is 10. The van der Waals surface area contributed by atoms with E-state index in [9.17, 15) is 34.5 Å². The van der Waals surface area contributed by atoms with Gasteiger partial charge in [0, 0.05) is 58.6 Å². The van der Waals surface area contributed by atoms with Crippen LogP contribution in [0.3, 0.4) is 0 Å². The van der Waals surface area contributed by atoms with Crippen LogP contribution >= 0.6 is 64.8 Å². The lowest BCUT2D eigenvalue weighted by Crippen LogP contribution is -2.47. The van der Waals surface area contributed by atoms with Crippen LogP contribution in [0.2, 0.25) is 0 Å². The molecule has 7 nitrogen and oxygen atoms in total. The van der Waals surface area contributed by atoms with Gasteiger partial charge in [-0.1, -0.05) is 109 Å². The number of benzene rings is 5. The molecule has 5 aromatic carbocycles. The van der Waals surface area contributed by atoms with Gasteiger partial charge in [-0.15, -0.1) is 0 Å². The molecule has 0 aromatic heterocycles. The van der Waals surface area contributed by atoms with E-state index in [0.29, 0.717) is 5.56 Å². The topological polar surface area (TPSA) is 129 Å². The zero-order valence-electron chi connectivity index (χ0n) is 29.7. The molecule has 4 aliphatic carbocycles. The van der Waals surface area contributed by atoms with Crippen LogP contribution in [0.4, 0.5) is 0 Å². The summed E-state index contributed by atoms with van der Waals surface area (Å²) in [5, 5.41) is 31.4. The van der Waals surface area contributed by atoms with E-state index >= 15 is 0 Å². The van der Waals surface area contributed by atoms with Crippen LogP contribution in [0.25, 0.3) is 0 Å². The third-order valence-electron chi connectivity index (χ3n) is 11.6. The van der Waals surface area contributed by atoms with Gasteiger partial charge in [0.1, 0.15) is 0 Å². The van der Waals surface area contributed by atoms with Gasteiger partial charge in [0.05, 0.1) is 17.8 Å². The molecule has 9 aliphatic heterocycles. The summed E-state index contributed by atoms with van der Waals surface area (Å²) in [6, 6.07) is 30.2. The van der Waals surface area contributed by atoms with E-state index < -0.39 is 47.5 Å². The van der Waals surface area contributed by atoms with Crippen LogP contribution in [-0.2, 0) is 14.4 Å². The molecule has 13 heteroatoms. The number of hydrogen-bond donors (Lipinski definition) is 3. The highest BCUT2D eigenvalue weighted by molar-refractivity contribution is 8.77.